The second kappa shape index (κ2) is 7.00. The first-order chi connectivity index (χ1) is 7.79. The van der Waals surface area contributed by atoms with Crippen molar-refractivity contribution in [3.05, 3.63) is 35.9 Å². The van der Waals surface area contributed by atoms with Gasteiger partial charge < -0.3 is 5.73 Å². The Bertz CT molecular complexity index is 315. The van der Waals surface area contributed by atoms with Crippen LogP contribution in [0.2, 0.25) is 0 Å². The Kier molecular flexibility index (Phi) is 5.96. The smallest absolute Gasteiger partial charge is 0.0234 e. The minimum Gasteiger partial charge on any atom is -0.329 e. The average Bonchev–Trinajstić information content (AvgIpc) is 2.96. The molecule has 3 heteroatoms. The largest absolute Gasteiger partial charge is 0.329 e. The number of hydrogen-bond donors (Lipinski definition) is 1. The summed E-state index contributed by atoms with van der Waals surface area (Å²) in [7, 11) is 0. The van der Waals surface area contributed by atoms with Gasteiger partial charge in [-0.1, -0.05) is 37.3 Å². The molecule has 1 aromatic rings. The Balaban J connectivity index is 0.00000144. The number of nitrogens with zero attached hydrogens (tertiary/aromatic N) is 1. The van der Waals surface area contributed by atoms with E-state index in [1.54, 1.807) is 0 Å². The van der Waals surface area contributed by atoms with Crippen molar-refractivity contribution in [2.24, 2.45) is 17.6 Å². The highest BCUT2D eigenvalue weighted by atomic mass is 35.5. The molecule has 96 valence electrons. The standard InChI is InChI=1S/C14H22N2.ClH/c1-12-9-14(12)11-16(8-7-15)10-13-5-3-2-4-6-13;/h2-6,12,14H,7-11,15H2,1H3;1H. The lowest BCUT2D eigenvalue weighted by atomic mass is 10.2. The monoisotopic (exact) mass is 254 g/mol. The maximum Gasteiger partial charge on any atom is 0.0234 e. The third-order valence-corrected chi connectivity index (χ3v) is 3.46. The van der Waals surface area contributed by atoms with Gasteiger partial charge in [-0.25, -0.2) is 0 Å². The van der Waals surface area contributed by atoms with Crippen LogP contribution < -0.4 is 5.73 Å². The molecule has 0 saturated heterocycles. The summed E-state index contributed by atoms with van der Waals surface area (Å²) < 4.78 is 0. The summed E-state index contributed by atoms with van der Waals surface area (Å²) in [5.41, 5.74) is 7.07. The van der Waals surface area contributed by atoms with Gasteiger partial charge in [0.2, 0.25) is 0 Å². The fourth-order valence-corrected chi connectivity index (χ4v) is 2.24. The van der Waals surface area contributed by atoms with E-state index in [0.29, 0.717) is 0 Å². The van der Waals surface area contributed by atoms with Gasteiger partial charge in [-0.3, -0.25) is 4.90 Å². The van der Waals surface area contributed by atoms with Gasteiger partial charge in [0.05, 0.1) is 0 Å². The molecule has 0 bridgehead atoms. The van der Waals surface area contributed by atoms with E-state index in [9.17, 15) is 0 Å². The first-order valence-corrected chi connectivity index (χ1v) is 6.26. The molecule has 2 unspecified atom stereocenters. The first-order valence-electron chi connectivity index (χ1n) is 6.26. The fourth-order valence-electron chi connectivity index (χ4n) is 2.24. The van der Waals surface area contributed by atoms with Crippen molar-refractivity contribution in [1.29, 1.82) is 0 Å². The minimum absolute atomic E-state index is 0. The minimum atomic E-state index is 0. The lowest BCUT2D eigenvalue weighted by Crippen LogP contribution is -2.31. The number of halogens is 1. The molecule has 2 nitrogen and oxygen atoms in total. The van der Waals surface area contributed by atoms with Crippen LogP contribution in [0.25, 0.3) is 0 Å². The van der Waals surface area contributed by atoms with Gasteiger partial charge in [0.15, 0.2) is 0 Å². The maximum absolute atomic E-state index is 5.67. The van der Waals surface area contributed by atoms with Gasteiger partial charge in [0.1, 0.15) is 0 Å². The molecule has 0 amide bonds. The predicted octanol–water partition coefficient (Wildman–Crippen LogP) is 2.53. The fraction of sp³-hybridized carbons (Fsp3) is 0.571. The van der Waals surface area contributed by atoms with Crippen molar-refractivity contribution >= 4 is 12.4 Å². The molecule has 0 spiro atoms. The predicted molar refractivity (Wildman–Crippen MR) is 75.3 cm³/mol. The molecule has 0 heterocycles. The van der Waals surface area contributed by atoms with Gasteiger partial charge in [0, 0.05) is 26.2 Å². The summed E-state index contributed by atoms with van der Waals surface area (Å²) in [5, 5.41) is 0. The Morgan fingerprint density at radius 2 is 1.94 bits per heavy atom. The Morgan fingerprint density at radius 3 is 2.47 bits per heavy atom. The van der Waals surface area contributed by atoms with Gasteiger partial charge >= 0.3 is 0 Å². The molecule has 0 aromatic heterocycles. The highest BCUT2D eigenvalue weighted by Crippen LogP contribution is 2.38. The zero-order valence-electron chi connectivity index (χ0n) is 10.5. The molecule has 2 atom stereocenters. The molecular weight excluding hydrogens is 232 g/mol. The van der Waals surface area contributed by atoms with Crippen molar-refractivity contribution in [2.75, 3.05) is 19.6 Å². The SMILES string of the molecule is CC1CC1CN(CCN)Cc1ccccc1.Cl. The molecule has 1 aliphatic carbocycles. The normalized spacial score (nSPS) is 22.3. The number of hydrogen-bond acceptors (Lipinski definition) is 2. The van der Waals surface area contributed by atoms with E-state index in [2.05, 4.69) is 42.2 Å². The van der Waals surface area contributed by atoms with Gasteiger partial charge in [-0.15, -0.1) is 12.4 Å². The Morgan fingerprint density at radius 1 is 1.29 bits per heavy atom. The van der Waals surface area contributed by atoms with E-state index >= 15 is 0 Å². The van der Waals surface area contributed by atoms with E-state index < -0.39 is 0 Å². The summed E-state index contributed by atoms with van der Waals surface area (Å²) in [5.74, 6) is 1.84. The number of rotatable bonds is 6. The summed E-state index contributed by atoms with van der Waals surface area (Å²) in [6, 6.07) is 10.7. The first kappa shape index (κ1) is 14.5. The zero-order chi connectivity index (χ0) is 11.4. The van der Waals surface area contributed by atoms with E-state index in [1.165, 1.54) is 18.5 Å². The van der Waals surface area contributed by atoms with Crippen LogP contribution in [0.3, 0.4) is 0 Å². The van der Waals surface area contributed by atoms with Crippen LogP contribution in [0.5, 0.6) is 0 Å². The number of nitrogens with two attached hydrogens (primary N) is 1. The van der Waals surface area contributed by atoms with Gasteiger partial charge in [-0.05, 0) is 23.8 Å². The highest BCUT2D eigenvalue weighted by Gasteiger charge is 2.33. The van der Waals surface area contributed by atoms with Crippen molar-refractivity contribution in [3.63, 3.8) is 0 Å². The molecule has 1 fully saturated rings. The van der Waals surface area contributed by atoms with Crippen LogP contribution in [0.1, 0.15) is 18.9 Å². The quantitative estimate of drug-likeness (QED) is 0.845. The summed E-state index contributed by atoms with van der Waals surface area (Å²) in [4.78, 5) is 2.49. The van der Waals surface area contributed by atoms with Crippen LogP contribution >= 0.6 is 12.4 Å². The topological polar surface area (TPSA) is 29.3 Å². The zero-order valence-corrected chi connectivity index (χ0v) is 11.3. The molecule has 1 aromatic carbocycles. The molecule has 2 N–H and O–H groups in total. The molecule has 0 aliphatic heterocycles. The molecule has 2 rings (SSSR count). The van der Waals surface area contributed by atoms with E-state index in [0.717, 1.165) is 31.5 Å². The van der Waals surface area contributed by atoms with Gasteiger partial charge in [0.25, 0.3) is 0 Å². The van der Waals surface area contributed by atoms with Crippen LogP contribution in [0, 0.1) is 11.8 Å². The van der Waals surface area contributed by atoms with Gasteiger partial charge in [-0.2, -0.15) is 0 Å². The van der Waals surface area contributed by atoms with E-state index in [1.807, 2.05) is 0 Å². The Labute approximate surface area is 111 Å². The summed E-state index contributed by atoms with van der Waals surface area (Å²) >= 11 is 0. The second-order valence-electron chi connectivity index (χ2n) is 4.98. The van der Waals surface area contributed by atoms with E-state index in [4.69, 9.17) is 5.73 Å². The van der Waals surface area contributed by atoms with Crippen LogP contribution in [0.4, 0.5) is 0 Å². The second-order valence-corrected chi connectivity index (χ2v) is 4.98. The number of benzene rings is 1. The third-order valence-electron chi connectivity index (χ3n) is 3.46. The van der Waals surface area contributed by atoms with Crippen LogP contribution in [-0.4, -0.2) is 24.5 Å². The molecular formula is C14H23ClN2. The third kappa shape index (κ3) is 4.66. The lowest BCUT2D eigenvalue weighted by Gasteiger charge is -2.21. The van der Waals surface area contributed by atoms with Crippen LogP contribution in [-0.2, 0) is 6.54 Å². The molecule has 0 radical (unpaired) electrons. The average molecular weight is 255 g/mol. The van der Waals surface area contributed by atoms with Crippen LogP contribution in [0.15, 0.2) is 30.3 Å². The molecule has 1 saturated carbocycles. The summed E-state index contributed by atoms with van der Waals surface area (Å²) in [6.45, 7) is 6.37. The highest BCUT2D eigenvalue weighted by molar-refractivity contribution is 5.85. The molecule has 17 heavy (non-hydrogen) atoms. The van der Waals surface area contributed by atoms with Crippen molar-refractivity contribution in [1.82, 2.24) is 4.90 Å². The lowest BCUT2D eigenvalue weighted by molar-refractivity contribution is 0.257. The van der Waals surface area contributed by atoms with E-state index in [-0.39, 0.29) is 12.4 Å². The van der Waals surface area contributed by atoms with Crippen molar-refractivity contribution in [2.45, 2.75) is 19.9 Å². The summed E-state index contributed by atoms with van der Waals surface area (Å²) in [6.07, 6.45) is 1.40. The maximum atomic E-state index is 5.67. The van der Waals surface area contributed by atoms with Crippen molar-refractivity contribution in [3.8, 4) is 0 Å². The Hall–Kier alpha value is -0.570. The molecule has 1 aliphatic rings. The van der Waals surface area contributed by atoms with Crippen molar-refractivity contribution < 1.29 is 0 Å².